The maximum Gasteiger partial charge on any atom is 0.319 e. The number of rotatable bonds is 5. The van der Waals surface area contributed by atoms with E-state index in [2.05, 4.69) is 30.6 Å². The first-order valence-electron chi connectivity index (χ1n) is 12.5. The lowest BCUT2D eigenvalue weighted by Crippen LogP contribution is -2.46. The Labute approximate surface area is 234 Å². The molecule has 1 fully saturated rings. The van der Waals surface area contributed by atoms with Gasteiger partial charge in [-0.05, 0) is 49.2 Å². The number of carbonyl (C=O) groups excluding carboxylic acids is 1. The van der Waals surface area contributed by atoms with Crippen LogP contribution in [0.5, 0.6) is 0 Å². The molecule has 6 rings (SSSR count). The van der Waals surface area contributed by atoms with Crippen molar-refractivity contribution in [2.24, 2.45) is 7.05 Å². The van der Waals surface area contributed by atoms with Crippen LogP contribution in [-0.4, -0.2) is 54.5 Å². The highest BCUT2D eigenvalue weighted by Gasteiger charge is 2.26. The molecule has 1 aliphatic rings. The van der Waals surface area contributed by atoms with Crippen molar-refractivity contribution in [2.45, 2.75) is 18.9 Å². The molecule has 198 valence electrons. The van der Waals surface area contributed by atoms with Gasteiger partial charge in [-0.15, -0.1) is 0 Å². The Kier molecular flexibility index (Phi) is 6.80. The van der Waals surface area contributed by atoms with Crippen LogP contribution in [0, 0.1) is 0 Å². The van der Waals surface area contributed by atoms with E-state index >= 15 is 0 Å². The number of urea groups is 1. The van der Waals surface area contributed by atoms with E-state index in [1.54, 1.807) is 30.5 Å². The Morgan fingerprint density at radius 2 is 1.79 bits per heavy atom. The molecule has 0 radical (unpaired) electrons. The Morgan fingerprint density at radius 3 is 2.51 bits per heavy atom. The van der Waals surface area contributed by atoms with Gasteiger partial charge in [-0.25, -0.2) is 19.7 Å². The number of imidazole rings is 1. The summed E-state index contributed by atoms with van der Waals surface area (Å²) in [6.07, 6.45) is 6.46. The largest absolute Gasteiger partial charge is 0.355 e. The molecule has 0 aliphatic carbocycles. The molecule has 2 N–H and O–H groups in total. The Bertz CT molecular complexity index is 1640. The number of nitrogens with one attached hydrogen (secondary N) is 2. The quantitative estimate of drug-likeness (QED) is 0.301. The molecule has 1 aliphatic heterocycles. The lowest BCUT2D eigenvalue weighted by molar-refractivity contribution is 0.246. The zero-order valence-corrected chi connectivity index (χ0v) is 22.6. The van der Waals surface area contributed by atoms with Gasteiger partial charge in [0.15, 0.2) is 17.0 Å². The van der Waals surface area contributed by atoms with Crippen LogP contribution in [0.4, 0.5) is 16.3 Å². The topological polar surface area (TPSA) is 106 Å². The second kappa shape index (κ2) is 10.5. The van der Waals surface area contributed by atoms with Gasteiger partial charge in [-0.2, -0.15) is 5.10 Å². The highest BCUT2D eigenvalue weighted by molar-refractivity contribution is 6.33. The molecule has 2 aromatic carbocycles. The van der Waals surface area contributed by atoms with E-state index in [9.17, 15) is 4.79 Å². The number of anilines is 2. The molecule has 2 amide bonds. The number of hydrogen-bond donors (Lipinski definition) is 2. The van der Waals surface area contributed by atoms with E-state index in [0.717, 1.165) is 29.9 Å². The van der Waals surface area contributed by atoms with Crippen molar-refractivity contribution in [3.63, 3.8) is 0 Å². The monoisotopic (exact) mass is 561 g/mol. The summed E-state index contributed by atoms with van der Waals surface area (Å²) in [5, 5.41) is 11.2. The van der Waals surface area contributed by atoms with Crippen molar-refractivity contribution >= 4 is 51.9 Å². The average Bonchev–Trinajstić information content (AvgIpc) is 3.53. The third-order valence-corrected chi connectivity index (χ3v) is 7.30. The summed E-state index contributed by atoms with van der Waals surface area (Å²) in [5.41, 5.74) is 3.67. The molecule has 12 heteroatoms. The molecular weight excluding hydrogens is 537 g/mol. The van der Waals surface area contributed by atoms with Gasteiger partial charge >= 0.3 is 6.03 Å². The van der Waals surface area contributed by atoms with E-state index in [4.69, 9.17) is 28.2 Å². The highest BCUT2D eigenvalue weighted by atomic mass is 35.5. The minimum Gasteiger partial charge on any atom is -0.355 e. The summed E-state index contributed by atoms with van der Waals surface area (Å²) >= 11 is 12.8. The number of nitrogens with zero attached hydrogens (tertiary/aromatic N) is 7. The molecule has 3 aromatic heterocycles. The smallest absolute Gasteiger partial charge is 0.319 e. The normalized spacial score (nSPS) is 14.1. The maximum absolute atomic E-state index is 12.4. The Morgan fingerprint density at radius 1 is 1.03 bits per heavy atom. The number of hydrogen-bond acceptors (Lipinski definition) is 6. The molecular formula is C27H25Cl2N9O. The van der Waals surface area contributed by atoms with Crippen LogP contribution in [0.2, 0.25) is 10.0 Å². The van der Waals surface area contributed by atoms with Crippen LogP contribution in [0.3, 0.4) is 0 Å². The molecule has 0 atom stereocenters. The molecule has 10 nitrogen and oxygen atoms in total. The van der Waals surface area contributed by atoms with Gasteiger partial charge in [0.25, 0.3) is 0 Å². The number of amides is 2. The zero-order chi connectivity index (χ0) is 26.9. The fraction of sp³-hybridized carbons (Fsp3) is 0.222. The van der Waals surface area contributed by atoms with Crippen molar-refractivity contribution in [2.75, 3.05) is 23.3 Å². The van der Waals surface area contributed by atoms with Crippen LogP contribution in [0.15, 0.2) is 67.3 Å². The maximum atomic E-state index is 12.4. The van der Waals surface area contributed by atoms with Crippen molar-refractivity contribution in [3.8, 4) is 17.1 Å². The second-order valence-corrected chi connectivity index (χ2v) is 10.2. The number of fused-ring (bicyclic) bond motifs is 1. The van der Waals surface area contributed by atoms with Gasteiger partial charge < -0.3 is 15.5 Å². The van der Waals surface area contributed by atoms with Crippen LogP contribution in [0.1, 0.15) is 12.8 Å². The summed E-state index contributed by atoms with van der Waals surface area (Å²) < 4.78 is 3.62. The fourth-order valence-electron chi connectivity index (χ4n) is 4.84. The molecule has 0 unspecified atom stereocenters. The van der Waals surface area contributed by atoms with Gasteiger partial charge in [0, 0.05) is 48.6 Å². The van der Waals surface area contributed by atoms with E-state index in [-0.39, 0.29) is 12.1 Å². The standard InChI is InChI=1S/C27H25Cl2N9O/c1-36-15-19(14-32-36)34-27(39)33-18-10-12-37(13-11-18)25-23-26(31-16-30-25)38(20-8-6-17(28)7-9-20)24(35-23)21-4-2-3-5-22(21)29/h2-9,14-16,18H,10-13H2,1H3,(H2,33,34,39). The van der Waals surface area contributed by atoms with Gasteiger partial charge in [0.05, 0.1) is 16.9 Å². The Hall–Kier alpha value is -4.15. The number of benzene rings is 2. The highest BCUT2D eigenvalue weighted by Crippen LogP contribution is 2.35. The van der Waals surface area contributed by atoms with Crippen LogP contribution in [-0.2, 0) is 7.05 Å². The second-order valence-electron chi connectivity index (χ2n) is 9.36. The summed E-state index contributed by atoms with van der Waals surface area (Å²) in [6, 6.07) is 14.9. The summed E-state index contributed by atoms with van der Waals surface area (Å²) in [5.74, 6) is 1.42. The summed E-state index contributed by atoms with van der Waals surface area (Å²) in [6.45, 7) is 1.42. The molecule has 0 bridgehead atoms. The van der Waals surface area contributed by atoms with Crippen LogP contribution in [0.25, 0.3) is 28.2 Å². The molecule has 39 heavy (non-hydrogen) atoms. The SMILES string of the molecule is Cn1cc(NC(=O)NC2CCN(c3ncnc4c3nc(-c3ccccc3Cl)n4-c3ccc(Cl)cc3)CC2)cn1. The molecule has 1 saturated heterocycles. The third-order valence-electron chi connectivity index (χ3n) is 6.72. The first-order chi connectivity index (χ1) is 19.0. The fourth-order valence-corrected chi connectivity index (χ4v) is 5.19. The lowest BCUT2D eigenvalue weighted by atomic mass is 10.1. The molecule has 0 saturated carbocycles. The van der Waals surface area contributed by atoms with Crippen LogP contribution >= 0.6 is 23.2 Å². The zero-order valence-electron chi connectivity index (χ0n) is 21.1. The van der Waals surface area contributed by atoms with Crippen LogP contribution < -0.4 is 15.5 Å². The summed E-state index contributed by atoms with van der Waals surface area (Å²) in [4.78, 5) is 28.9. The number of aromatic nitrogens is 6. The van der Waals surface area contributed by atoms with Gasteiger partial charge in [0.2, 0.25) is 0 Å². The first-order valence-corrected chi connectivity index (χ1v) is 13.3. The Balaban J connectivity index is 1.28. The van der Waals surface area contributed by atoms with Crippen molar-refractivity contribution < 1.29 is 4.79 Å². The predicted molar refractivity (Wildman–Crippen MR) is 153 cm³/mol. The lowest BCUT2D eigenvalue weighted by Gasteiger charge is -2.33. The summed E-state index contributed by atoms with van der Waals surface area (Å²) in [7, 11) is 1.80. The van der Waals surface area contributed by atoms with Gasteiger partial charge in [-0.1, -0.05) is 35.3 Å². The first kappa shape index (κ1) is 25.1. The van der Waals surface area contributed by atoms with Crippen molar-refractivity contribution in [1.82, 2.24) is 34.6 Å². The van der Waals surface area contributed by atoms with Gasteiger partial charge in [-0.3, -0.25) is 9.25 Å². The minimum absolute atomic E-state index is 0.0422. The van der Waals surface area contributed by atoms with E-state index in [0.29, 0.717) is 45.8 Å². The molecule has 5 aromatic rings. The number of halogens is 2. The number of piperidine rings is 1. The third kappa shape index (κ3) is 5.13. The molecule has 0 spiro atoms. The van der Waals surface area contributed by atoms with E-state index in [1.165, 1.54) is 0 Å². The number of aryl methyl sites for hydroxylation is 1. The van der Waals surface area contributed by atoms with Crippen molar-refractivity contribution in [1.29, 1.82) is 0 Å². The van der Waals surface area contributed by atoms with Crippen molar-refractivity contribution in [3.05, 3.63) is 77.3 Å². The minimum atomic E-state index is -0.239. The molecule has 4 heterocycles. The average molecular weight is 562 g/mol. The predicted octanol–water partition coefficient (Wildman–Crippen LogP) is 5.31. The van der Waals surface area contributed by atoms with E-state index in [1.807, 2.05) is 53.1 Å². The van der Waals surface area contributed by atoms with E-state index < -0.39 is 0 Å². The van der Waals surface area contributed by atoms with Gasteiger partial charge in [0.1, 0.15) is 12.2 Å². The number of carbonyl (C=O) groups is 1.